The average molecular weight is 283 g/mol. The zero-order valence-corrected chi connectivity index (χ0v) is 12.8. The lowest BCUT2D eigenvalue weighted by Gasteiger charge is -2.28. The predicted octanol–water partition coefficient (Wildman–Crippen LogP) is 2.21. The summed E-state index contributed by atoms with van der Waals surface area (Å²) in [6.45, 7) is 8.67. The minimum atomic E-state index is -0.931. The van der Waals surface area contributed by atoms with Crippen LogP contribution in [0.5, 0.6) is 0 Å². The number of rotatable bonds is 7. The number of carbonyl (C=O) groups is 2. The molecular formula is C14H25N3O3. The first-order chi connectivity index (χ1) is 9.19. The van der Waals surface area contributed by atoms with Crippen LogP contribution in [-0.4, -0.2) is 41.1 Å². The van der Waals surface area contributed by atoms with Crippen molar-refractivity contribution >= 4 is 12.0 Å². The fourth-order valence-electron chi connectivity index (χ4n) is 1.98. The van der Waals surface area contributed by atoms with Crippen LogP contribution in [0, 0.1) is 16.7 Å². The average Bonchev–Trinajstić information content (AvgIpc) is 2.26. The Hall–Kier alpha value is -1.77. The van der Waals surface area contributed by atoms with Crippen molar-refractivity contribution in [3.05, 3.63) is 0 Å². The lowest BCUT2D eigenvalue weighted by Crippen LogP contribution is -2.47. The van der Waals surface area contributed by atoms with Crippen molar-refractivity contribution in [2.24, 2.45) is 5.41 Å². The van der Waals surface area contributed by atoms with Gasteiger partial charge in [0.25, 0.3) is 0 Å². The molecule has 0 saturated carbocycles. The Kier molecular flexibility index (Phi) is 7.67. The lowest BCUT2D eigenvalue weighted by atomic mass is 9.87. The molecule has 0 aliphatic heterocycles. The van der Waals surface area contributed by atoms with Crippen molar-refractivity contribution < 1.29 is 14.7 Å². The van der Waals surface area contributed by atoms with E-state index in [9.17, 15) is 9.59 Å². The fourth-order valence-corrected chi connectivity index (χ4v) is 1.98. The molecule has 0 rings (SSSR count). The van der Waals surface area contributed by atoms with E-state index < -0.39 is 12.0 Å². The van der Waals surface area contributed by atoms with E-state index in [0.29, 0.717) is 19.5 Å². The van der Waals surface area contributed by atoms with Gasteiger partial charge in [-0.3, -0.25) is 4.79 Å². The minimum absolute atomic E-state index is 0.0723. The first kappa shape index (κ1) is 18.2. The van der Waals surface area contributed by atoms with Gasteiger partial charge in [-0.1, -0.05) is 20.8 Å². The summed E-state index contributed by atoms with van der Waals surface area (Å²) in [5.74, 6) is -0.931. The number of carboxylic acid groups (broad SMARTS) is 1. The summed E-state index contributed by atoms with van der Waals surface area (Å²) in [5, 5.41) is 20.2. The van der Waals surface area contributed by atoms with E-state index in [0.717, 1.165) is 0 Å². The van der Waals surface area contributed by atoms with Crippen molar-refractivity contribution in [3.8, 4) is 6.07 Å². The van der Waals surface area contributed by atoms with E-state index in [1.807, 2.05) is 33.8 Å². The summed E-state index contributed by atoms with van der Waals surface area (Å²) in [6, 6.07) is 1.28. The summed E-state index contributed by atoms with van der Waals surface area (Å²) >= 11 is 0. The molecule has 6 nitrogen and oxygen atoms in total. The van der Waals surface area contributed by atoms with Gasteiger partial charge in [-0.25, -0.2) is 4.79 Å². The monoisotopic (exact) mass is 283 g/mol. The standard InChI is InChI=1S/C14H25N3O3/c1-5-17(8-6-7-15)13(20)16-11(9-12(18)19)10-14(2,3)4/h11H,5-6,8-10H2,1-4H3,(H,16,20)(H,18,19). The molecule has 0 bridgehead atoms. The van der Waals surface area contributed by atoms with Gasteiger partial charge in [0, 0.05) is 19.1 Å². The molecule has 114 valence electrons. The topological polar surface area (TPSA) is 93.4 Å². The molecule has 0 fully saturated rings. The van der Waals surface area contributed by atoms with Crippen LogP contribution in [0.25, 0.3) is 0 Å². The molecule has 2 N–H and O–H groups in total. The fraction of sp³-hybridized carbons (Fsp3) is 0.786. The Morgan fingerprint density at radius 2 is 2.00 bits per heavy atom. The van der Waals surface area contributed by atoms with E-state index in [1.54, 1.807) is 0 Å². The van der Waals surface area contributed by atoms with E-state index in [2.05, 4.69) is 5.32 Å². The second-order valence-corrected chi connectivity index (χ2v) is 6.00. The summed E-state index contributed by atoms with van der Waals surface area (Å²) in [6.07, 6.45) is 0.754. The molecule has 2 amide bonds. The van der Waals surface area contributed by atoms with Gasteiger partial charge in [-0.15, -0.1) is 0 Å². The highest BCUT2D eigenvalue weighted by Crippen LogP contribution is 2.22. The van der Waals surface area contributed by atoms with Crippen LogP contribution in [0.15, 0.2) is 0 Å². The molecule has 0 spiro atoms. The Morgan fingerprint density at radius 3 is 2.40 bits per heavy atom. The van der Waals surface area contributed by atoms with Gasteiger partial charge < -0.3 is 15.3 Å². The first-order valence-corrected chi connectivity index (χ1v) is 6.83. The minimum Gasteiger partial charge on any atom is -0.481 e. The summed E-state index contributed by atoms with van der Waals surface area (Å²) < 4.78 is 0. The zero-order chi connectivity index (χ0) is 15.8. The molecule has 0 aromatic heterocycles. The number of urea groups is 1. The highest BCUT2D eigenvalue weighted by atomic mass is 16.4. The maximum atomic E-state index is 12.1. The number of nitrogens with one attached hydrogen (secondary N) is 1. The van der Waals surface area contributed by atoms with E-state index in [1.165, 1.54) is 4.90 Å². The number of hydrogen-bond acceptors (Lipinski definition) is 3. The molecule has 6 heteroatoms. The number of hydrogen-bond donors (Lipinski definition) is 2. The Balaban J connectivity index is 4.65. The van der Waals surface area contributed by atoms with Gasteiger partial charge in [-0.05, 0) is 18.8 Å². The maximum absolute atomic E-state index is 12.1. The van der Waals surface area contributed by atoms with Crippen molar-refractivity contribution in [1.29, 1.82) is 5.26 Å². The van der Waals surface area contributed by atoms with Crippen LogP contribution in [0.1, 0.15) is 47.0 Å². The van der Waals surface area contributed by atoms with E-state index >= 15 is 0 Å². The second-order valence-electron chi connectivity index (χ2n) is 6.00. The van der Waals surface area contributed by atoms with Gasteiger partial charge in [0.05, 0.1) is 18.9 Å². The third-order valence-corrected chi connectivity index (χ3v) is 2.77. The SMILES string of the molecule is CCN(CCC#N)C(=O)NC(CC(=O)O)CC(C)(C)C. The molecule has 1 atom stereocenters. The third-order valence-electron chi connectivity index (χ3n) is 2.77. The number of nitrogens with zero attached hydrogens (tertiary/aromatic N) is 2. The number of carboxylic acids is 1. The van der Waals surface area contributed by atoms with Crippen LogP contribution in [0.3, 0.4) is 0 Å². The zero-order valence-electron chi connectivity index (χ0n) is 12.8. The highest BCUT2D eigenvalue weighted by molar-refractivity contribution is 5.76. The molecule has 0 aliphatic carbocycles. The summed E-state index contributed by atoms with van der Waals surface area (Å²) in [7, 11) is 0. The van der Waals surface area contributed by atoms with Crippen LogP contribution < -0.4 is 5.32 Å². The second kappa shape index (κ2) is 8.41. The molecule has 0 aliphatic rings. The molecule has 0 radical (unpaired) electrons. The maximum Gasteiger partial charge on any atom is 0.317 e. The van der Waals surface area contributed by atoms with Crippen LogP contribution in [0.2, 0.25) is 0 Å². The van der Waals surface area contributed by atoms with Crippen LogP contribution in [0.4, 0.5) is 4.79 Å². The van der Waals surface area contributed by atoms with Gasteiger partial charge >= 0.3 is 12.0 Å². The van der Waals surface area contributed by atoms with Crippen molar-refractivity contribution in [3.63, 3.8) is 0 Å². The Bertz CT molecular complexity index is 369. The quantitative estimate of drug-likeness (QED) is 0.749. The van der Waals surface area contributed by atoms with Crippen LogP contribution in [-0.2, 0) is 4.79 Å². The van der Waals surface area contributed by atoms with E-state index in [-0.39, 0.29) is 24.3 Å². The molecule has 0 saturated heterocycles. The predicted molar refractivity (Wildman–Crippen MR) is 76.1 cm³/mol. The smallest absolute Gasteiger partial charge is 0.317 e. The number of nitriles is 1. The summed E-state index contributed by atoms with van der Waals surface area (Å²) in [4.78, 5) is 24.5. The van der Waals surface area contributed by atoms with Crippen molar-refractivity contribution in [2.75, 3.05) is 13.1 Å². The normalized spacial score (nSPS) is 12.3. The van der Waals surface area contributed by atoms with E-state index in [4.69, 9.17) is 10.4 Å². The number of amides is 2. The molecule has 0 aromatic rings. The first-order valence-electron chi connectivity index (χ1n) is 6.83. The van der Waals surface area contributed by atoms with Crippen molar-refractivity contribution in [1.82, 2.24) is 10.2 Å². The number of carbonyl (C=O) groups excluding carboxylic acids is 1. The van der Waals surface area contributed by atoms with Gasteiger partial charge in [0.15, 0.2) is 0 Å². The Labute approximate surface area is 120 Å². The van der Waals surface area contributed by atoms with Gasteiger partial charge in [-0.2, -0.15) is 5.26 Å². The molecule has 1 unspecified atom stereocenters. The molecular weight excluding hydrogens is 258 g/mol. The summed E-state index contributed by atoms with van der Waals surface area (Å²) in [5.41, 5.74) is -0.0723. The molecule has 0 heterocycles. The Morgan fingerprint density at radius 1 is 1.40 bits per heavy atom. The largest absolute Gasteiger partial charge is 0.481 e. The molecule has 0 aromatic carbocycles. The molecule has 20 heavy (non-hydrogen) atoms. The third kappa shape index (κ3) is 8.35. The highest BCUT2D eigenvalue weighted by Gasteiger charge is 2.24. The number of aliphatic carboxylic acids is 1. The van der Waals surface area contributed by atoms with Crippen molar-refractivity contribution in [2.45, 2.75) is 53.0 Å². The lowest BCUT2D eigenvalue weighted by molar-refractivity contribution is -0.137. The van der Waals surface area contributed by atoms with Gasteiger partial charge in [0.1, 0.15) is 0 Å². The van der Waals surface area contributed by atoms with Crippen LogP contribution >= 0.6 is 0 Å². The van der Waals surface area contributed by atoms with Gasteiger partial charge in [0.2, 0.25) is 0 Å².